The Balaban J connectivity index is 3.11. The summed E-state index contributed by atoms with van der Waals surface area (Å²) < 4.78 is 50.9. The number of nitrogens with zero attached hydrogens (tertiary/aromatic N) is 1. The highest BCUT2D eigenvalue weighted by Gasteiger charge is 2.31. The molecule has 0 spiro atoms. The van der Waals surface area contributed by atoms with Crippen LogP contribution in [0.3, 0.4) is 0 Å². The minimum atomic E-state index is -4.56. The second-order valence-corrected chi connectivity index (χ2v) is 4.17. The zero-order chi connectivity index (χ0) is 13.9. The minimum absolute atomic E-state index is 0.0621. The number of alkyl halides is 3. The van der Waals surface area contributed by atoms with Crippen LogP contribution < -0.4 is 4.90 Å². The van der Waals surface area contributed by atoms with Crippen LogP contribution in [0.15, 0.2) is 18.2 Å². The Hall–Kier alpha value is -1.30. The van der Waals surface area contributed by atoms with E-state index in [1.165, 1.54) is 4.90 Å². The summed E-state index contributed by atoms with van der Waals surface area (Å²) in [5, 5.41) is 8.88. The molecule has 0 amide bonds. The van der Waals surface area contributed by atoms with Gasteiger partial charge in [0.1, 0.15) is 5.82 Å². The lowest BCUT2D eigenvalue weighted by Gasteiger charge is -2.28. The second-order valence-electron chi connectivity index (χ2n) is 4.17. The minimum Gasteiger partial charge on any atom is -0.395 e. The predicted molar refractivity (Wildman–Crippen MR) is 61.0 cm³/mol. The van der Waals surface area contributed by atoms with Gasteiger partial charge in [-0.3, -0.25) is 0 Å². The van der Waals surface area contributed by atoms with Crippen molar-refractivity contribution in [3.63, 3.8) is 0 Å². The molecule has 6 heteroatoms. The van der Waals surface area contributed by atoms with Crippen molar-refractivity contribution in [1.29, 1.82) is 0 Å². The van der Waals surface area contributed by atoms with E-state index in [0.717, 1.165) is 12.1 Å². The summed E-state index contributed by atoms with van der Waals surface area (Å²) in [5.41, 5.74) is -0.955. The number of benzene rings is 1. The molecule has 0 radical (unpaired) electrons. The Bertz CT molecular complexity index is 404. The van der Waals surface area contributed by atoms with E-state index in [9.17, 15) is 17.6 Å². The molecule has 0 unspecified atom stereocenters. The quantitative estimate of drug-likeness (QED) is 0.846. The van der Waals surface area contributed by atoms with Gasteiger partial charge in [-0.1, -0.05) is 0 Å². The van der Waals surface area contributed by atoms with Crippen LogP contribution in [0.2, 0.25) is 0 Å². The first-order valence-electron chi connectivity index (χ1n) is 5.51. The first-order valence-corrected chi connectivity index (χ1v) is 5.51. The molecule has 0 aliphatic carbocycles. The molecule has 18 heavy (non-hydrogen) atoms. The third-order valence-corrected chi connectivity index (χ3v) is 2.55. The summed E-state index contributed by atoms with van der Waals surface area (Å²) in [6.07, 6.45) is -4.56. The van der Waals surface area contributed by atoms with Crippen LogP contribution >= 0.6 is 0 Å². The van der Waals surface area contributed by atoms with E-state index in [-0.39, 0.29) is 24.9 Å². The van der Waals surface area contributed by atoms with Crippen LogP contribution in [0.25, 0.3) is 0 Å². The summed E-state index contributed by atoms with van der Waals surface area (Å²) in [6.45, 7) is 3.51. The van der Waals surface area contributed by atoms with E-state index >= 15 is 0 Å². The van der Waals surface area contributed by atoms with Gasteiger partial charge < -0.3 is 10.0 Å². The van der Waals surface area contributed by atoms with E-state index < -0.39 is 17.6 Å². The number of halogens is 4. The van der Waals surface area contributed by atoms with Gasteiger partial charge >= 0.3 is 6.18 Å². The predicted octanol–water partition coefficient (Wildman–Crippen LogP) is 3.05. The molecule has 0 saturated carbocycles. The van der Waals surface area contributed by atoms with Crippen molar-refractivity contribution in [2.45, 2.75) is 26.1 Å². The molecule has 1 N–H and O–H groups in total. The Morgan fingerprint density at radius 2 is 1.89 bits per heavy atom. The van der Waals surface area contributed by atoms with Gasteiger partial charge in [-0.15, -0.1) is 0 Å². The molecule has 1 aromatic rings. The molecule has 0 aromatic heterocycles. The van der Waals surface area contributed by atoms with Crippen molar-refractivity contribution in [2.75, 3.05) is 18.1 Å². The normalized spacial score (nSPS) is 12.0. The number of aliphatic hydroxyl groups is 1. The van der Waals surface area contributed by atoms with Crippen LogP contribution in [-0.2, 0) is 6.18 Å². The van der Waals surface area contributed by atoms with Crippen LogP contribution in [0.1, 0.15) is 19.4 Å². The molecule has 0 heterocycles. The van der Waals surface area contributed by atoms with Crippen LogP contribution in [0.5, 0.6) is 0 Å². The topological polar surface area (TPSA) is 23.5 Å². The number of aliphatic hydroxyl groups excluding tert-OH is 1. The zero-order valence-corrected chi connectivity index (χ0v) is 10.1. The van der Waals surface area contributed by atoms with Crippen molar-refractivity contribution >= 4 is 5.69 Å². The van der Waals surface area contributed by atoms with Gasteiger partial charge in [-0.2, -0.15) is 13.2 Å². The summed E-state index contributed by atoms with van der Waals surface area (Å²) >= 11 is 0. The first-order chi connectivity index (χ1) is 8.27. The van der Waals surface area contributed by atoms with Gasteiger partial charge in [0, 0.05) is 12.6 Å². The molecule has 1 rings (SSSR count). The highest BCUT2D eigenvalue weighted by molar-refractivity contribution is 5.50. The van der Waals surface area contributed by atoms with Crippen molar-refractivity contribution in [2.24, 2.45) is 0 Å². The molecule has 0 bridgehead atoms. The van der Waals surface area contributed by atoms with E-state index in [1.807, 2.05) is 0 Å². The van der Waals surface area contributed by atoms with E-state index in [2.05, 4.69) is 0 Å². The molecule has 0 aliphatic heterocycles. The van der Waals surface area contributed by atoms with Crippen molar-refractivity contribution in [3.05, 3.63) is 29.6 Å². The Kier molecular flexibility index (Phi) is 4.56. The maximum atomic E-state index is 13.7. The van der Waals surface area contributed by atoms with Crippen molar-refractivity contribution < 1.29 is 22.7 Å². The fourth-order valence-corrected chi connectivity index (χ4v) is 1.68. The van der Waals surface area contributed by atoms with E-state index in [0.29, 0.717) is 6.07 Å². The highest BCUT2D eigenvalue weighted by Crippen LogP contribution is 2.32. The molecular weight excluding hydrogens is 250 g/mol. The molecule has 2 nitrogen and oxygen atoms in total. The maximum Gasteiger partial charge on any atom is 0.416 e. The lowest BCUT2D eigenvalue weighted by Crippen LogP contribution is -2.34. The van der Waals surface area contributed by atoms with Gasteiger partial charge in [0.05, 0.1) is 17.9 Å². The smallest absolute Gasteiger partial charge is 0.395 e. The summed E-state index contributed by atoms with van der Waals surface area (Å²) in [6, 6.07) is 2.28. The van der Waals surface area contributed by atoms with Crippen LogP contribution in [-0.4, -0.2) is 24.3 Å². The third kappa shape index (κ3) is 3.35. The Labute approximate surface area is 103 Å². The van der Waals surface area contributed by atoms with Crippen LogP contribution in [0.4, 0.5) is 23.2 Å². The molecule has 0 atom stereocenters. The maximum absolute atomic E-state index is 13.7. The average molecular weight is 265 g/mol. The molecule has 1 aromatic carbocycles. The van der Waals surface area contributed by atoms with Gasteiger partial charge in [-0.05, 0) is 32.0 Å². The average Bonchev–Trinajstić information content (AvgIpc) is 2.24. The second kappa shape index (κ2) is 5.56. The standard InChI is InChI=1S/C12H15F4NO/c1-8(2)17(5-6-18)11-4-3-9(7-10(11)13)12(14,15)16/h3-4,7-8,18H,5-6H2,1-2H3. The molecule has 0 saturated heterocycles. The first kappa shape index (κ1) is 14.8. The van der Waals surface area contributed by atoms with Crippen LogP contribution in [0, 0.1) is 5.82 Å². The van der Waals surface area contributed by atoms with Gasteiger partial charge in [-0.25, -0.2) is 4.39 Å². The number of rotatable bonds is 4. The molecule has 102 valence electrons. The number of hydrogen-bond acceptors (Lipinski definition) is 2. The lowest BCUT2D eigenvalue weighted by molar-refractivity contribution is -0.137. The molecule has 0 fully saturated rings. The molecule has 0 aliphatic rings. The van der Waals surface area contributed by atoms with Crippen molar-refractivity contribution in [3.8, 4) is 0 Å². The van der Waals surface area contributed by atoms with Crippen molar-refractivity contribution in [1.82, 2.24) is 0 Å². The van der Waals surface area contributed by atoms with Gasteiger partial charge in [0.2, 0.25) is 0 Å². The highest BCUT2D eigenvalue weighted by atomic mass is 19.4. The monoisotopic (exact) mass is 265 g/mol. The number of hydrogen-bond donors (Lipinski definition) is 1. The lowest BCUT2D eigenvalue weighted by atomic mass is 10.1. The fourth-order valence-electron chi connectivity index (χ4n) is 1.68. The van der Waals surface area contributed by atoms with Gasteiger partial charge in [0.25, 0.3) is 0 Å². The summed E-state index contributed by atoms with van der Waals surface area (Å²) in [4.78, 5) is 1.51. The Morgan fingerprint density at radius 1 is 1.28 bits per heavy atom. The summed E-state index contributed by atoms with van der Waals surface area (Å²) in [5.74, 6) is -0.938. The Morgan fingerprint density at radius 3 is 2.28 bits per heavy atom. The van der Waals surface area contributed by atoms with Gasteiger partial charge in [0.15, 0.2) is 0 Å². The summed E-state index contributed by atoms with van der Waals surface area (Å²) in [7, 11) is 0. The third-order valence-electron chi connectivity index (χ3n) is 2.55. The zero-order valence-electron chi connectivity index (χ0n) is 10.1. The van der Waals surface area contributed by atoms with E-state index in [1.54, 1.807) is 13.8 Å². The largest absolute Gasteiger partial charge is 0.416 e. The molecular formula is C12H15F4NO. The number of anilines is 1. The SMILES string of the molecule is CC(C)N(CCO)c1ccc(C(F)(F)F)cc1F. The fraction of sp³-hybridized carbons (Fsp3) is 0.500. The van der Waals surface area contributed by atoms with E-state index in [4.69, 9.17) is 5.11 Å².